The van der Waals surface area contributed by atoms with Crippen LogP contribution in [0.25, 0.3) is 0 Å². The molecule has 1 fully saturated rings. The summed E-state index contributed by atoms with van der Waals surface area (Å²) in [5, 5.41) is 10.1. The van der Waals surface area contributed by atoms with Crippen LogP contribution in [0.1, 0.15) is 24.0 Å². The predicted molar refractivity (Wildman–Crippen MR) is 83.8 cm³/mol. The molecule has 0 radical (unpaired) electrons. The van der Waals surface area contributed by atoms with Crippen LogP contribution in [0.2, 0.25) is 0 Å². The lowest BCUT2D eigenvalue weighted by Crippen LogP contribution is -2.48. The maximum atomic E-state index is 10.1. The third-order valence-corrected chi connectivity index (χ3v) is 4.51. The quantitative estimate of drug-likeness (QED) is 0.916. The van der Waals surface area contributed by atoms with Crippen LogP contribution in [0.15, 0.2) is 54.9 Å². The van der Waals surface area contributed by atoms with E-state index in [9.17, 15) is 5.11 Å². The third kappa shape index (κ3) is 3.14. The molecule has 1 aliphatic rings. The molecule has 0 aliphatic carbocycles. The number of likely N-dealkylation sites (tertiary alicyclic amines) is 1. The van der Waals surface area contributed by atoms with Crippen LogP contribution in [0.5, 0.6) is 0 Å². The number of aliphatic hydroxyl groups excluding tert-OH is 1. The summed E-state index contributed by atoms with van der Waals surface area (Å²) < 4.78 is 0. The first-order valence-electron chi connectivity index (χ1n) is 7.61. The Kier molecular flexibility index (Phi) is 4.32. The average molecular weight is 282 g/mol. The minimum Gasteiger partial charge on any atom is -0.394 e. The molecule has 1 N–H and O–H groups in total. The van der Waals surface area contributed by atoms with Gasteiger partial charge in [-0.15, -0.1) is 0 Å². The van der Waals surface area contributed by atoms with E-state index in [1.54, 1.807) is 6.20 Å². The van der Waals surface area contributed by atoms with Crippen LogP contribution in [-0.2, 0) is 13.0 Å². The van der Waals surface area contributed by atoms with Gasteiger partial charge < -0.3 is 5.11 Å². The summed E-state index contributed by atoms with van der Waals surface area (Å²) >= 11 is 0. The van der Waals surface area contributed by atoms with Crippen molar-refractivity contribution < 1.29 is 5.11 Å². The highest BCUT2D eigenvalue weighted by atomic mass is 16.3. The van der Waals surface area contributed by atoms with Crippen molar-refractivity contribution in [2.24, 2.45) is 0 Å². The Morgan fingerprint density at radius 1 is 1.10 bits per heavy atom. The topological polar surface area (TPSA) is 36.4 Å². The summed E-state index contributed by atoms with van der Waals surface area (Å²) in [5.74, 6) is 0. The maximum Gasteiger partial charge on any atom is 0.0618 e. The molecule has 3 rings (SSSR count). The van der Waals surface area contributed by atoms with Crippen LogP contribution >= 0.6 is 0 Å². The first kappa shape index (κ1) is 14.2. The molecule has 2 aromatic rings. The smallest absolute Gasteiger partial charge is 0.0618 e. The summed E-state index contributed by atoms with van der Waals surface area (Å²) in [5.41, 5.74) is 2.38. The summed E-state index contributed by atoms with van der Waals surface area (Å²) in [6.07, 6.45) is 6.83. The Morgan fingerprint density at radius 2 is 1.90 bits per heavy atom. The van der Waals surface area contributed by atoms with Gasteiger partial charge in [-0.1, -0.05) is 36.4 Å². The fraction of sp³-hybridized carbons (Fsp3) is 0.389. The van der Waals surface area contributed by atoms with Crippen LogP contribution in [0.3, 0.4) is 0 Å². The van der Waals surface area contributed by atoms with E-state index in [-0.39, 0.29) is 12.1 Å². The molecule has 1 aliphatic heterocycles. The molecule has 0 unspecified atom stereocenters. The summed E-state index contributed by atoms with van der Waals surface area (Å²) in [6, 6.07) is 14.6. The number of benzene rings is 1. The molecule has 1 aromatic carbocycles. The molecule has 1 atom stereocenters. The van der Waals surface area contributed by atoms with Gasteiger partial charge >= 0.3 is 0 Å². The highest BCUT2D eigenvalue weighted by molar-refractivity contribution is 5.20. The second-order valence-electron chi connectivity index (χ2n) is 5.93. The fourth-order valence-electron chi connectivity index (χ4n) is 3.36. The van der Waals surface area contributed by atoms with Crippen LogP contribution in [0.4, 0.5) is 0 Å². The van der Waals surface area contributed by atoms with Gasteiger partial charge in [0.05, 0.1) is 6.61 Å². The lowest BCUT2D eigenvalue weighted by Gasteiger charge is -2.37. The van der Waals surface area contributed by atoms with E-state index in [1.165, 1.54) is 11.1 Å². The number of rotatable bonds is 5. The molecule has 1 aromatic heterocycles. The van der Waals surface area contributed by atoms with E-state index in [0.29, 0.717) is 0 Å². The van der Waals surface area contributed by atoms with Crippen LogP contribution in [-0.4, -0.2) is 33.7 Å². The Morgan fingerprint density at radius 3 is 2.62 bits per heavy atom. The zero-order valence-electron chi connectivity index (χ0n) is 12.3. The van der Waals surface area contributed by atoms with Crippen molar-refractivity contribution in [2.75, 3.05) is 13.2 Å². The van der Waals surface area contributed by atoms with Crippen molar-refractivity contribution in [3.8, 4) is 0 Å². The van der Waals surface area contributed by atoms with Crippen molar-refractivity contribution in [3.63, 3.8) is 0 Å². The van der Waals surface area contributed by atoms with Gasteiger partial charge in [-0.25, -0.2) is 0 Å². The standard InChI is InChI=1S/C18H22N2O/c21-15-18(12-16-6-2-1-3-7-16)9-5-11-20(18)14-17-8-4-10-19-13-17/h1-4,6-8,10,13,21H,5,9,11-12,14-15H2/t18-/m0/s1. The highest BCUT2D eigenvalue weighted by Crippen LogP contribution is 2.33. The van der Waals surface area contributed by atoms with Gasteiger partial charge in [-0.3, -0.25) is 9.88 Å². The van der Waals surface area contributed by atoms with Crippen LogP contribution in [0, 0.1) is 0 Å². The van der Waals surface area contributed by atoms with E-state index >= 15 is 0 Å². The number of aliphatic hydroxyl groups is 1. The highest BCUT2D eigenvalue weighted by Gasteiger charge is 2.40. The van der Waals surface area contributed by atoms with Gasteiger partial charge in [-0.05, 0) is 43.0 Å². The van der Waals surface area contributed by atoms with E-state index in [4.69, 9.17) is 0 Å². The molecule has 0 saturated carbocycles. The first-order valence-corrected chi connectivity index (χ1v) is 7.61. The fourth-order valence-corrected chi connectivity index (χ4v) is 3.36. The third-order valence-electron chi connectivity index (χ3n) is 4.51. The summed E-state index contributed by atoms with van der Waals surface area (Å²) in [7, 11) is 0. The number of aromatic nitrogens is 1. The average Bonchev–Trinajstić information content (AvgIpc) is 2.92. The number of hydrogen-bond acceptors (Lipinski definition) is 3. The molecular formula is C18H22N2O. The summed E-state index contributed by atoms with van der Waals surface area (Å²) in [6.45, 7) is 2.12. The SMILES string of the molecule is OC[C@@]1(Cc2ccccc2)CCCN1Cc1cccnc1. The number of hydrogen-bond donors (Lipinski definition) is 1. The number of nitrogens with zero attached hydrogens (tertiary/aromatic N) is 2. The molecule has 2 heterocycles. The minimum atomic E-state index is -0.128. The Labute approximate surface area is 126 Å². The maximum absolute atomic E-state index is 10.1. The van der Waals surface area contributed by atoms with E-state index < -0.39 is 0 Å². The van der Waals surface area contributed by atoms with Gasteiger partial charge in [-0.2, -0.15) is 0 Å². The molecule has 1 saturated heterocycles. The van der Waals surface area contributed by atoms with Gasteiger partial charge in [0.1, 0.15) is 0 Å². The Balaban J connectivity index is 1.79. The van der Waals surface area contributed by atoms with Gasteiger partial charge in [0.25, 0.3) is 0 Å². The van der Waals surface area contributed by atoms with Crippen molar-refractivity contribution in [1.29, 1.82) is 0 Å². The van der Waals surface area contributed by atoms with Crippen molar-refractivity contribution in [2.45, 2.75) is 31.3 Å². The molecule has 21 heavy (non-hydrogen) atoms. The Hall–Kier alpha value is -1.71. The minimum absolute atomic E-state index is 0.128. The van der Waals surface area contributed by atoms with Crippen molar-refractivity contribution in [3.05, 3.63) is 66.0 Å². The molecule has 110 valence electrons. The molecule has 0 bridgehead atoms. The monoisotopic (exact) mass is 282 g/mol. The lowest BCUT2D eigenvalue weighted by molar-refractivity contribution is 0.0581. The molecule has 3 nitrogen and oxygen atoms in total. The molecular weight excluding hydrogens is 260 g/mol. The lowest BCUT2D eigenvalue weighted by atomic mass is 9.88. The predicted octanol–water partition coefficient (Wildman–Crippen LogP) is 2.65. The van der Waals surface area contributed by atoms with Gasteiger partial charge in [0, 0.05) is 24.5 Å². The second kappa shape index (κ2) is 6.37. The zero-order chi connectivity index (χ0) is 14.5. The van der Waals surface area contributed by atoms with E-state index in [1.807, 2.05) is 18.3 Å². The molecule has 0 spiro atoms. The zero-order valence-corrected chi connectivity index (χ0v) is 12.3. The first-order chi connectivity index (χ1) is 10.3. The van der Waals surface area contributed by atoms with Crippen molar-refractivity contribution in [1.82, 2.24) is 9.88 Å². The second-order valence-corrected chi connectivity index (χ2v) is 5.93. The van der Waals surface area contributed by atoms with Gasteiger partial charge in [0.2, 0.25) is 0 Å². The summed E-state index contributed by atoms with van der Waals surface area (Å²) in [4.78, 5) is 6.62. The molecule has 0 amide bonds. The van der Waals surface area contributed by atoms with Gasteiger partial charge in [0.15, 0.2) is 0 Å². The van der Waals surface area contributed by atoms with Crippen molar-refractivity contribution >= 4 is 0 Å². The van der Waals surface area contributed by atoms with Crippen LogP contribution < -0.4 is 0 Å². The van der Waals surface area contributed by atoms with E-state index in [0.717, 1.165) is 32.4 Å². The van der Waals surface area contributed by atoms with E-state index in [2.05, 4.69) is 40.2 Å². The largest absolute Gasteiger partial charge is 0.394 e. The molecule has 3 heteroatoms. The Bertz CT molecular complexity index is 558. The number of pyridine rings is 1. The normalized spacial score (nSPS) is 22.5.